The van der Waals surface area contributed by atoms with Crippen LogP contribution < -0.4 is 0 Å². The molecule has 0 N–H and O–H groups in total. The second-order valence-electron chi connectivity index (χ2n) is 5.81. The highest BCUT2D eigenvalue weighted by Gasteiger charge is 2.29. The van der Waals surface area contributed by atoms with Gasteiger partial charge >= 0.3 is 0 Å². The summed E-state index contributed by atoms with van der Waals surface area (Å²) in [5.74, 6) is 0. The van der Waals surface area contributed by atoms with Gasteiger partial charge in [-0.05, 0) is 34.6 Å². The molecule has 2 aromatic heterocycles. The predicted octanol–water partition coefficient (Wildman–Crippen LogP) is 2.26. The van der Waals surface area contributed by atoms with Gasteiger partial charge in [0.25, 0.3) is 0 Å². The first-order chi connectivity index (χ1) is 11.3. The van der Waals surface area contributed by atoms with E-state index < -0.39 is 10.0 Å². The summed E-state index contributed by atoms with van der Waals surface area (Å²) >= 11 is 0. The Labute approximate surface area is 144 Å². The van der Waals surface area contributed by atoms with Gasteiger partial charge in [0.15, 0.2) is 0 Å². The van der Waals surface area contributed by atoms with Crippen LogP contribution >= 0.6 is 0 Å². The molecular formula is C16H27N5O2S. The molecule has 2 aromatic rings. The highest BCUT2D eigenvalue weighted by molar-refractivity contribution is 7.89. The molecule has 24 heavy (non-hydrogen) atoms. The largest absolute Gasteiger partial charge is 0.270 e. The third kappa shape index (κ3) is 3.12. The molecule has 0 aliphatic rings. The molecule has 0 unspecified atom stereocenters. The number of nitrogens with zero attached hydrogens (tertiary/aromatic N) is 5. The van der Waals surface area contributed by atoms with Crippen molar-refractivity contribution in [3.8, 4) is 0 Å². The van der Waals surface area contributed by atoms with Crippen LogP contribution in [0.3, 0.4) is 0 Å². The Balaban J connectivity index is 2.41. The lowest BCUT2D eigenvalue weighted by atomic mass is 10.2. The zero-order chi connectivity index (χ0) is 18.1. The maximum Gasteiger partial charge on any atom is 0.246 e. The van der Waals surface area contributed by atoms with E-state index in [-0.39, 0.29) is 4.90 Å². The number of aromatic nitrogens is 4. The molecule has 0 amide bonds. The highest BCUT2D eigenvalue weighted by Crippen LogP contribution is 2.23. The van der Waals surface area contributed by atoms with Crippen LogP contribution in [0.15, 0.2) is 11.1 Å². The van der Waals surface area contributed by atoms with E-state index in [1.165, 1.54) is 10.5 Å². The molecule has 0 aliphatic carbocycles. The van der Waals surface area contributed by atoms with Crippen molar-refractivity contribution in [2.75, 3.05) is 6.54 Å². The van der Waals surface area contributed by atoms with Crippen LogP contribution in [0.5, 0.6) is 0 Å². The van der Waals surface area contributed by atoms with Crippen LogP contribution in [0.4, 0.5) is 0 Å². The molecule has 0 aliphatic heterocycles. The molecule has 0 bridgehead atoms. The fourth-order valence-electron chi connectivity index (χ4n) is 2.95. The lowest BCUT2D eigenvalue weighted by Gasteiger charge is -2.20. The molecule has 0 spiro atoms. The normalized spacial score (nSPS) is 12.3. The van der Waals surface area contributed by atoms with E-state index in [1.807, 2.05) is 39.3 Å². The van der Waals surface area contributed by atoms with E-state index in [2.05, 4.69) is 10.2 Å². The SMILES string of the molecule is CCN(Cc1c(C)nn(CC)c1C)S(=O)(=O)c1cnn(CC)c1C. The Morgan fingerprint density at radius 1 is 1.04 bits per heavy atom. The number of sulfonamides is 1. The summed E-state index contributed by atoms with van der Waals surface area (Å²) in [5.41, 5.74) is 3.55. The van der Waals surface area contributed by atoms with Crippen LogP contribution in [0.25, 0.3) is 0 Å². The van der Waals surface area contributed by atoms with Gasteiger partial charge in [-0.25, -0.2) is 8.42 Å². The number of hydrogen-bond donors (Lipinski definition) is 0. The summed E-state index contributed by atoms with van der Waals surface area (Å²) < 4.78 is 31.2. The highest BCUT2D eigenvalue weighted by atomic mass is 32.2. The summed E-state index contributed by atoms with van der Waals surface area (Å²) in [5, 5.41) is 8.66. The molecule has 134 valence electrons. The van der Waals surface area contributed by atoms with E-state index >= 15 is 0 Å². The maximum absolute atomic E-state index is 13.1. The first-order valence-corrected chi connectivity index (χ1v) is 9.77. The van der Waals surface area contributed by atoms with Crippen molar-refractivity contribution in [2.24, 2.45) is 0 Å². The number of hydrogen-bond acceptors (Lipinski definition) is 4. The fraction of sp³-hybridized carbons (Fsp3) is 0.625. The average molecular weight is 353 g/mol. The summed E-state index contributed by atoms with van der Waals surface area (Å²) in [6.07, 6.45) is 1.45. The van der Waals surface area contributed by atoms with Crippen molar-refractivity contribution in [1.82, 2.24) is 23.9 Å². The molecular weight excluding hydrogens is 326 g/mol. The molecule has 0 atom stereocenters. The van der Waals surface area contributed by atoms with Gasteiger partial charge in [-0.3, -0.25) is 9.36 Å². The van der Waals surface area contributed by atoms with Crippen molar-refractivity contribution in [1.29, 1.82) is 0 Å². The van der Waals surface area contributed by atoms with Crippen molar-refractivity contribution in [2.45, 2.75) is 66.1 Å². The smallest absolute Gasteiger partial charge is 0.246 e. The molecule has 8 heteroatoms. The average Bonchev–Trinajstić information content (AvgIpc) is 3.05. The standard InChI is InChI=1S/C16H27N5O2S/c1-7-19(11-15-12(4)18-21(9-3)13(15)5)24(22,23)16-10-17-20(8-2)14(16)6/h10H,7-9,11H2,1-6H3. The topological polar surface area (TPSA) is 73.0 Å². The molecule has 2 heterocycles. The predicted molar refractivity (Wildman–Crippen MR) is 93.3 cm³/mol. The molecule has 2 rings (SSSR count). The fourth-order valence-corrected chi connectivity index (χ4v) is 4.53. The first-order valence-electron chi connectivity index (χ1n) is 8.33. The minimum absolute atomic E-state index is 0.282. The summed E-state index contributed by atoms with van der Waals surface area (Å²) in [4.78, 5) is 0.282. The minimum atomic E-state index is -3.59. The third-order valence-electron chi connectivity index (χ3n) is 4.49. The molecule has 7 nitrogen and oxygen atoms in total. The second kappa shape index (κ2) is 7.06. The Morgan fingerprint density at radius 2 is 1.67 bits per heavy atom. The molecule has 0 radical (unpaired) electrons. The second-order valence-corrected chi connectivity index (χ2v) is 7.71. The Hall–Kier alpha value is -1.67. The summed E-state index contributed by atoms with van der Waals surface area (Å²) in [6, 6.07) is 0. The van der Waals surface area contributed by atoms with E-state index in [4.69, 9.17) is 0 Å². The molecule has 0 fully saturated rings. The van der Waals surface area contributed by atoms with Gasteiger partial charge in [0.05, 0.1) is 17.6 Å². The Morgan fingerprint density at radius 3 is 2.12 bits per heavy atom. The van der Waals surface area contributed by atoms with Gasteiger partial charge in [0.1, 0.15) is 4.90 Å². The van der Waals surface area contributed by atoms with Gasteiger partial charge < -0.3 is 0 Å². The van der Waals surface area contributed by atoms with Crippen molar-refractivity contribution in [3.63, 3.8) is 0 Å². The van der Waals surface area contributed by atoms with Crippen molar-refractivity contribution in [3.05, 3.63) is 28.8 Å². The quantitative estimate of drug-likeness (QED) is 0.765. The van der Waals surface area contributed by atoms with Crippen molar-refractivity contribution < 1.29 is 8.42 Å². The Kier molecular flexibility index (Phi) is 5.49. The number of aryl methyl sites for hydroxylation is 3. The third-order valence-corrected chi connectivity index (χ3v) is 6.52. The van der Waals surface area contributed by atoms with Crippen LogP contribution in [0.1, 0.15) is 43.4 Å². The lowest BCUT2D eigenvalue weighted by Crippen LogP contribution is -2.31. The molecule has 0 aromatic carbocycles. The minimum Gasteiger partial charge on any atom is -0.270 e. The summed E-state index contributed by atoms with van der Waals surface area (Å²) in [6.45, 7) is 13.7. The Bertz CT molecular complexity index is 820. The number of rotatable bonds is 7. The van der Waals surface area contributed by atoms with Crippen LogP contribution in [0.2, 0.25) is 0 Å². The lowest BCUT2D eigenvalue weighted by molar-refractivity contribution is 0.421. The van der Waals surface area contributed by atoms with Gasteiger partial charge in [0.2, 0.25) is 10.0 Å². The maximum atomic E-state index is 13.1. The van der Waals surface area contributed by atoms with E-state index in [1.54, 1.807) is 11.6 Å². The summed E-state index contributed by atoms with van der Waals surface area (Å²) in [7, 11) is -3.59. The zero-order valence-corrected chi connectivity index (χ0v) is 16.2. The molecule has 0 saturated heterocycles. The van der Waals surface area contributed by atoms with Gasteiger partial charge in [-0.2, -0.15) is 14.5 Å². The van der Waals surface area contributed by atoms with Gasteiger partial charge in [0, 0.05) is 37.4 Å². The first kappa shape index (κ1) is 18.7. The molecule has 0 saturated carbocycles. The van der Waals surface area contributed by atoms with Crippen LogP contribution in [-0.4, -0.2) is 38.8 Å². The van der Waals surface area contributed by atoms with E-state index in [9.17, 15) is 8.42 Å². The van der Waals surface area contributed by atoms with Gasteiger partial charge in [-0.15, -0.1) is 0 Å². The van der Waals surface area contributed by atoms with Crippen LogP contribution in [0, 0.1) is 20.8 Å². The zero-order valence-electron chi connectivity index (χ0n) is 15.4. The van der Waals surface area contributed by atoms with Gasteiger partial charge in [-0.1, -0.05) is 6.92 Å². The van der Waals surface area contributed by atoms with Crippen molar-refractivity contribution >= 4 is 10.0 Å². The van der Waals surface area contributed by atoms with E-state index in [0.29, 0.717) is 25.3 Å². The van der Waals surface area contributed by atoms with Crippen LogP contribution in [-0.2, 0) is 29.7 Å². The van der Waals surface area contributed by atoms with E-state index in [0.717, 1.165) is 23.5 Å². The monoisotopic (exact) mass is 353 g/mol.